The molecule has 0 N–H and O–H groups in total. The summed E-state index contributed by atoms with van der Waals surface area (Å²) in [6.07, 6.45) is 0. The van der Waals surface area contributed by atoms with Gasteiger partial charge < -0.3 is 0 Å². The summed E-state index contributed by atoms with van der Waals surface area (Å²) in [5.74, 6) is -8.61. The first-order valence-electron chi connectivity index (χ1n) is 8.96. The molecule has 0 unspecified atom stereocenters. The maximum absolute atomic E-state index is 14.1. The van der Waals surface area contributed by atoms with Crippen LogP contribution in [0.5, 0.6) is 23.0 Å². The van der Waals surface area contributed by atoms with E-state index >= 15 is 0 Å². The lowest BCUT2D eigenvalue weighted by Crippen LogP contribution is -2.16. The van der Waals surface area contributed by atoms with Crippen LogP contribution in [0, 0.1) is 23.3 Å². The van der Waals surface area contributed by atoms with Crippen molar-refractivity contribution in [1.82, 2.24) is 0 Å². The van der Waals surface area contributed by atoms with E-state index in [1.54, 1.807) is 6.07 Å². The van der Waals surface area contributed by atoms with Gasteiger partial charge in [-0.1, -0.05) is 47.6 Å². The second-order valence-electron chi connectivity index (χ2n) is 9.08. The molecular weight excluding hydrogens is 411 g/mol. The Morgan fingerprint density at radius 2 is 1.10 bits per heavy atom. The number of halogens is 4. The Hall–Kier alpha value is -2.21. The molecule has 2 heterocycles. The fourth-order valence-electron chi connectivity index (χ4n) is 3.08. The average Bonchev–Trinajstić information content (AvgIpc) is 3.15. The highest BCUT2D eigenvalue weighted by atomic mass is 31.2. The predicted octanol–water partition coefficient (Wildman–Crippen LogP) is 6.76. The normalized spacial score (nSPS) is 16.6. The van der Waals surface area contributed by atoms with Crippen LogP contribution in [0.4, 0.5) is 17.6 Å². The van der Waals surface area contributed by atoms with E-state index in [-0.39, 0.29) is 16.6 Å². The van der Waals surface area contributed by atoms with Crippen molar-refractivity contribution < 1.29 is 35.7 Å². The maximum atomic E-state index is 14.1. The van der Waals surface area contributed by atoms with Gasteiger partial charge in [0.25, 0.3) is 11.5 Å². The SMILES string of the molecule is CC(C)(C)c1cc2c(c(C(C)(C)C)c1)O[P+]1(O2)Oc2c(F)c(F)c(F)c(F)c2O1. The summed E-state index contributed by atoms with van der Waals surface area (Å²) in [7, 11) is -3.84. The summed E-state index contributed by atoms with van der Waals surface area (Å²) in [4.78, 5) is 0. The number of hydrogen-bond acceptors (Lipinski definition) is 4. The van der Waals surface area contributed by atoms with Gasteiger partial charge in [0, 0.05) is 5.56 Å². The molecule has 4 nitrogen and oxygen atoms in total. The summed E-state index contributed by atoms with van der Waals surface area (Å²) in [6.45, 7) is 12.0. The lowest BCUT2D eigenvalue weighted by atomic mass is 9.80. The first-order valence-corrected chi connectivity index (χ1v) is 10.4. The molecule has 1 spiro atoms. The Bertz CT molecular complexity index is 1000. The molecule has 2 aliphatic heterocycles. The van der Waals surface area contributed by atoms with Crippen LogP contribution in [0.25, 0.3) is 0 Å². The highest BCUT2D eigenvalue weighted by Gasteiger charge is 2.69. The molecule has 2 aliphatic rings. The number of benzene rings is 2. The molecule has 0 saturated heterocycles. The summed E-state index contributed by atoms with van der Waals surface area (Å²) in [6, 6.07) is 3.71. The molecule has 0 fully saturated rings. The Kier molecular flexibility index (Phi) is 4.09. The molecule has 0 saturated carbocycles. The van der Waals surface area contributed by atoms with E-state index in [0.29, 0.717) is 5.75 Å². The molecule has 0 bridgehead atoms. The molecule has 4 rings (SSSR count). The van der Waals surface area contributed by atoms with Gasteiger partial charge in [0.1, 0.15) is 0 Å². The predicted molar refractivity (Wildman–Crippen MR) is 99.5 cm³/mol. The van der Waals surface area contributed by atoms with Crippen LogP contribution in [0.15, 0.2) is 12.1 Å². The van der Waals surface area contributed by atoms with Crippen LogP contribution >= 0.6 is 8.17 Å². The summed E-state index contributed by atoms with van der Waals surface area (Å²) in [5, 5.41) is 0. The van der Waals surface area contributed by atoms with Crippen LogP contribution in [0.2, 0.25) is 0 Å². The zero-order valence-electron chi connectivity index (χ0n) is 16.7. The summed E-state index contributed by atoms with van der Waals surface area (Å²) >= 11 is 0. The second kappa shape index (κ2) is 5.91. The molecular formula is C20H20F4O4P+. The van der Waals surface area contributed by atoms with Gasteiger partial charge in [0.05, 0.1) is 0 Å². The number of rotatable bonds is 0. The Morgan fingerprint density at radius 3 is 1.55 bits per heavy atom. The van der Waals surface area contributed by atoms with Gasteiger partial charge in [0.15, 0.2) is 0 Å². The van der Waals surface area contributed by atoms with Gasteiger partial charge in [-0.2, -0.15) is 8.78 Å². The largest absolute Gasteiger partial charge is 0.767 e. The van der Waals surface area contributed by atoms with Gasteiger partial charge in [0.2, 0.25) is 34.8 Å². The lowest BCUT2D eigenvalue weighted by molar-refractivity contribution is 0.325. The molecule has 0 aromatic heterocycles. The van der Waals surface area contributed by atoms with E-state index in [4.69, 9.17) is 18.1 Å². The number of fused-ring (bicyclic) bond motifs is 2. The molecule has 9 heteroatoms. The van der Waals surface area contributed by atoms with E-state index in [0.717, 1.165) is 11.1 Å². The van der Waals surface area contributed by atoms with Crippen molar-refractivity contribution in [2.75, 3.05) is 0 Å². The molecule has 156 valence electrons. The van der Waals surface area contributed by atoms with E-state index in [9.17, 15) is 17.6 Å². The van der Waals surface area contributed by atoms with Gasteiger partial charge in [-0.05, 0) is 22.5 Å². The average molecular weight is 431 g/mol. The summed E-state index contributed by atoms with van der Waals surface area (Å²) in [5.41, 5.74) is 1.12. The fraction of sp³-hybridized carbons (Fsp3) is 0.400. The first kappa shape index (κ1) is 20.1. The minimum atomic E-state index is -3.84. The van der Waals surface area contributed by atoms with Crippen LogP contribution in [-0.2, 0) is 10.8 Å². The molecule has 0 amide bonds. The van der Waals surface area contributed by atoms with Gasteiger partial charge in [-0.3, -0.25) is 0 Å². The lowest BCUT2D eigenvalue weighted by Gasteiger charge is -2.24. The third kappa shape index (κ3) is 3.00. The van der Waals surface area contributed by atoms with Crippen LogP contribution in [0.1, 0.15) is 52.7 Å². The minimum absolute atomic E-state index is 0.225. The highest BCUT2D eigenvalue weighted by Crippen LogP contribution is 2.74. The molecule has 0 radical (unpaired) electrons. The van der Waals surface area contributed by atoms with E-state index in [2.05, 4.69) is 0 Å². The quantitative estimate of drug-likeness (QED) is 0.200. The van der Waals surface area contributed by atoms with Crippen molar-refractivity contribution in [1.29, 1.82) is 0 Å². The molecule has 0 aliphatic carbocycles. The standard InChI is InChI=1S/C20H20F4O4P/c1-19(2,3)9-7-10(20(4,5)6)16-11(8-9)25-29(26-16)27-17-14(23)12(21)13(22)15(24)18(17)28-29/h7-8H,1-6H3/q+1. The van der Waals surface area contributed by atoms with Crippen LogP contribution < -0.4 is 18.1 Å². The smallest absolute Gasteiger partial charge is 0.237 e. The monoisotopic (exact) mass is 431 g/mol. The van der Waals surface area contributed by atoms with Gasteiger partial charge in [-0.25, -0.2) is 26.9 Å². The maximum Gasteiger partial charge on any atom is 0.767 e. The van der Waals surface area contributed by atoms with E-state index in [1.807, 2.05) is 47.6 Å². The van der Waals surface area contributed by atoms with E-state index < -0.39 is 42.9 Å². The Labute approximate surface area is 166 Å². The van der Waals surface area contributed by atoms with Crippen molar-refractivity contribution >= 4 is 8.17 Å². The molecule has 2 aromatic carbocycles. The van der Waals surface area contributed by atoms with Crippen molar-refractivity contribution in [3.05, 3.63) is 46.5 Å². The third-order valence-electron chi connectivity index (χ3n) is 4.73. The molecule has 29 heavy (non-hydrogen) atoms. The fourth-order valence-corrected chi connectivity index (χ4v) is 4.86. The summed E-state index contributed by atoms with van der Waals surface area (Å²) < 4.78 is 77.6. The zero-order valence-corrected chi connectivity index (χ0v) is 17.6. The van der Waals surface area contributed by atoms with Crippen molar-refractivity contribution in [3.8, 4) is 23.0 Å². The van der Waals surface area contributed by atoms with Crippen molar-refractivity contribution in [3.63, 3.8) is 0 Å². The van der Waals surface area contributed by atoms with Crippen molar-refractivity contribution in [2.24, 2.45) is 0 Å². The minimum Gasteiger partial charge on any atom is -0.237 e. The highest BCUT2D eigenvalue weighted by molar-refractivity contribution is 7.58. The Balaban J connectivity index is 1.82. The molecule has 2 aromatic rings. The van der Waals surface area contributed by atoms with E-state index in [1.165, 1.54) is 0 Å². The Morgan fingerprint density at radius 1 is 0.621 bits per heavy atom. The first-order chi connectivity index (χ1) is 13.2. The second-order valence-corrected chi connectivity index (χ2v) is 10.7. The third-order valence-corrected chi connectivity index (χ3v) is 6.37. The molecule has 0 atom stereocenters. The topological polar surface area (TPSA) is 36.9 Å². The van der Waals surface area contributed by atoms with Crippen molar-refractivity contribution in [2.45, 2.75) is 52.4 Å². The van der Waals surface area contributed by atoms with Gasteiger partial charge in [-0.15, -0.1) is 0 Å². The number of hydrogen-bond donors (Lipinski definition) is 0. The van der Waals surface area contributed by atoms with Crippen LogP contribution in [-0.4, -0.2) is 0 Å². The van der Waals surface area contributed by atoms with Crippen LogP contribution in [0.3, 0.4) is 0 Å². The van der Waals surface area contributed by atoms with Gasteiger partial charge >= 0.3 is 8.17 Å². The zero-order chi connectivity index (χ0) is 21.5.